The van der Waals surface area contributed by atoms with Crippen LogP contribution >= 0.6 is 23.5 Å². The van der Waals surface area contributed by atoms with E-state index < -0.39 is 0 Å². The molecule has 0 atom stereocenters. The van der Waals surface area contributed by atoms with Gasteiger partial charge in [0, 0.05) is 31.0 Å². The number of nitrogens with zero attached hydrogens (tertiary/aromatic N) is 2. The first-order chi connectivity index (χ1) is 16.7. The maximum Gasteiger partial charge on any atom is 0.0601 e. The van der Waals surface area contributed by atoms with E-state index in [2.05, 4.69) is 133 Å². The van der Waals surface area contributed by atoms with E-state index in [-0.39, 0.29) is 0 Å². The van der Waals surface area contributed by atoms with Crippen molar-refractivity contribution >= 4 is 52.0 Å². The maximum absolute atomic E-state index is 2.39. The Labute approximate surface area is 209 Å². The molecular formula is C30H24N2S2. The van der Waals surface area contributed by atoms with E-state index >= 15 is 0 Å². The van der Waals surface area contributed by atoms with Crippen molar-refractivity contribution in [2.75, 3.05) is 9.80 Å². The molecule has 0 fully saturated rings. The largest absolute Gasteiger partial charge is 0.308 e. The average molecular weight is 477 g/mol. The maximum atomic E-state index is 2.39. The van der Waals surface area contributed by atoms with Crippen LogP contribution in [0.25, 0.3) is 0 Å². The van der Waals surface area contributed by atoms with Crippen LogP contribution in [0.1, 0.15) is 13.8 Å². The number of benzene rings is 4. The molecule has 0 unspecified atom stereocenters. The Balaban J connectivity index is 1.53. The minimum absolute atomic E-state index is 1.16. The van der Waals surface area contributed by atoms with Gasteiger partial charge in [0.05, 0.1) is 22.8 Å². The Morgan fingerprint density at radius 3 is 1.68 bits per heavy atom. The topological polar surface area (TPSA) is 6.48 Å². The molecule has 34 heavy (non-hydrogen) atoms. The highest BCUT2D eigenvalue weighted by Gasteiger charge is 2.27. The molecule has 2 aliphatic heterocycles. The molecule has 4 heteroatoms. The van der Waals surface area contributed by atoms with E-state index in [1.54, 1.807) is 0 Å². The van der Waals surface area contributed by atoms with Crippen molar-refractivity contribution < 1.29 is 0 Å². The van der Waals surface area contributed by atoms with Crippen LogP contribution in [0.2, 0.25) is 0 Å². The lowest BCUT2D eigenvalue weighted by atomic mass is 10.1. The molecule has 0 aliphatic carbocycles. The highest BCUT2D eigenvalue weighted by atomic mass is 32.2. The molecular weight excluding hydrogens is 452 g/mol. The summed E-state index contributed by atoms with van der Waals surface area (Å²) in [5.74, 6) is 0. The minimum atomic E-state index is 1.16. The lowest BCUT2D eigenvalue weighted by Gasteiger charge is -2.35. The first kappa shape index (κ1) is 21.2. The van der Waals surface area contributed by atoms with Gasteiger partial charge in [-0.3, -0.25) is 0 Å². The summed E-state index contributed by atoms with van der Waals surface area (Å²) >= 11 is 3.69. The normalized spacial score (nSPS) is 14.8. The quantitative estimate of drug-likeness (QED) is 0.255. The molecule has 0 aromatic heterocycles. The number of rotatable bonds is 3. The molecule has 166 valence electrons. The van der Waals surface area contributed by atoms with E-state index in [1.165, 1.54) is 42.4 Å². The summed E-state index contributed by atoms with van der Waals surface area (Å²) in [6.07, 6.45) is 4.34. The molecule has 2 heterocycles. The number of hydrogen-bond donors (Lipinski definition) is 0. The van der Waals surface area contributed by atoms with Gasteiger partial charge in [-0.25, -0.2) is 0 Å². The first-order valence-corrected chi connectivity index (χ1v) is 13.0. The van der Waals surface area contributed by atoms with Crippen molar-refractivity contribution in [3.8, 4) is 0 Å². The summed E-state index contributed by atoms with van der Waals surface area (Å²) in [5, 5.41) is 0. The van der Waals surface area contributed by atoms with E-state index in [9.17, 15) is 0 Å². The molecule has 4 aromatic carbocycles. The van der Waals surface area contributed by atoms with Gasteiger partial charge in [-0.2, -0.15) is 0 Å². The Morgan fingerprint density at radius 1 is 0.588 bits per heavy atom. The van der Waals surface area contributed by atoms with Crippen molar-refractivity contribution in [3.05, 3.63) is 120 Å². The second-order valence-electron chi connectivity index (χ2n) is 8.24. The van der Waals surface area contributed by atoms with Gasteiger partial charge in [0.2, 0.25) is 0 Å². The number of allylic oxidation sites excluding steroid dienone is 3. The van der Waals surface area contributed by atoms with Crippen LogP contribution in [0.15, 0.2) is 135 Å². The molecule has 0 radical (unpaired) electrons. The van der Waals surface area contributed by atoms with Gasteiger partial charge in [0.25, 0.3) is 0 Å². The third-order valence-electron chi connectivity index (χ3n) is 6.07. The molecule has 0 amide bonds. The molecule has 4 aromatic rings. The Kier molecular flexibility index (Phi) is 5.48. The first-order valence-electron chi connectivity index (χ1n) is 11.4. The standard InChI is InChI=1S/C30H24N2S2/c1-3-11-24-21(2)33-28-17-7-4-14-25(28)31(24)22-12-10-13-23(20-22)32-26-15-5-8-18-29(26)34-30-19-9-6-16-27(30)32/h3-20H,1-2H3/b11-3-. The van der Waals surface area contributed by atoms with Crippen LogP contribution in [0.3, 0.4) is 0 Å². The SMILES string of the molecule is C/C=C\C1=C(C)Sc2ccccc2N1c1cccc(N2c3ccccc3Sc3ccccc32)c1. The summed E-state index contributed by atoms with van der Waals surface area (Å²) in [5.41, 5.74) is 7.20. The number of para-hydroxylation sites is 3. The van der Waals surface area contributed by atoms with E-state index in [0.29, 0.717) is 0 Å². The molecule has 2 nitrogen and oxygen atoms in total. The molecule has 0 N–H and O–H groups in total. The fourth-order valence-electron chi connectivity index (χ4n) is 4.61. The number of fused-ring (bicyclic) bond motifs is 3. The van der Waals surface area contributed by atoms with Gasteiger partial charge in [0.1, 0.15) is 0 Å². The molecule has 0 spiro atoms. The smallest absolute Gasteiger partial charge is 0.0601 e. The van der Waals surface area contributed by atoms with Crippen LogP contribution in [-0.2, 0) is 0 Å². The number of hydrogen-bond acceptors (Lipinski definition) is 4. The van der Waals surface area contributed by atoms with Crippen molar-refractivity contribution in [1.29, 1.82) is 0 Å². The Morgan fingerprint density at radius 2 is 1.09 bits per heavy atom. The lowest BCUT2D eigenvalue weighted by molar-refractivity contribution is 1.13. The summed E-state index contributed by atoms with van der Waals surface area (Å²) in [7, 11) is 0. The second-order valence-corrected chi connectivity index (χ2v) is 10.6. The summed E-state index contributed by atoms with van der Waals surface area (Å²) in [6, 6.07) is 34.9. The van der Waals surface area contributed by atoms with Gasteiger partial charge >= 0.3 is 0 Å². The van der Waals surface area contributed by atoms with Gasteiger partial charge in [0.15, 0.2) is 0 Å². The average Bonchev–Trinajstić information content (AvgIpc) is 2.88. The number of anilines is 5. The van der Waals surface area contributed by atoms with Gasteiger partial charge in [-0.05, 0) is 74.5 Å². The summed E-state index contributed by atoms with van der Waals surface area (Å²) < 4.78 is 0. The lowest BCUT2D eigenvalue weighted by Crippen LogP contribution is -2.20. The zero-order valence-electron chi connectivity index (χ0n) is 19.1. The highest BCUT2D eigenvalue weighted by molar-refractivity contribution is 8.03. The molecule has 0 bridgehead atoms. The monoisotopic (exact) mass is 476 g/mol. The predicted octanol–water partition coefficient (Wildman–Crippen LogP) is 9.67. The van der Waals surface area contributed by atoms with Crippen LogP contribution < -0.4 is 9.80 Å². The van der Waals surface area contributed by atoms with Crippen molar-refractivity contribution in [3.63, 3.8) is 0 Å². The second kappa shape index (κ2) is 8.79. The fourth-order valence-corrected chi connectivity index (χ4v) is 6.68. The third kappa shape index (κ3) is 3.54. The van der Waals surface area contributed by atoms with E-state index in [1.807, 2.05) is 23.5 Å². The van der Waals surface area contributed by atoms with Crippen LogP contribution in [0, 0.1) is 0 Å². The summed E-state index contributed by atoms with van der Waals surface area (Å²) in [4.78, 5) is 9.91. The molecule has 0 saturated carbocycles. The summed E-state index contributed by atoms with van der Waals surface area (Å²) in [6.45, 7) is 4.29. The van der Waals surface area contributed by atoms with E-state index in [4.69, 9.17) is 0 Å². The third-order valence-corrected chi connectivity index (χ3v) is 8.28. The zero-order chi connectivity index (χ0) is 23.1. The van der Waals surface area contributed by atoms with Crippen molar-refractivity contribution in [2.45, 2.75) is 28.5 Å². The van der Waals surface area contributed by atoms with Gasteiger partial charge < -0.3 is 9.80 Å². The minimum Gasteiger partial charge on any atom is -0.308 e. The molecule has 2 aliphatic rings. The van der Waals surface area contributed by atoms with Gasteiger partial charge in [-0.15, -0.1) is 0 Å². The fraction of sp³-hybridized carbons (Fsp3) is 0.0667. The number of thioether (sulfide) groups is 1. The van der Waals surface area contributed by atoms with Crippen molar-refractivity contribution in [1.82, 2.24) is 0 Å². The Hall–Kier alpha value is -3.34. The highest BCUT2D eigenvalue weighted by Crippen LogP contribution is 2.52. The predicted molar refractivity (Wildman–Crippen MR) is 147 cm³/mol. The van der Waals surface area contributed by atoms with Crippen LogP contribution in [0.4, 0.5) is 28.4 Å². The van der Waals surface area contributed by atoms with Crippen LogP contribution in [-0.4, -0.2) is 0 Å². The molecule has 6 rings (SSSR count). The van der Waals surface area contributed by atoms with Crippen molar-refractivity contribution in [2.24, 2.45) is 0 Å². The van der Waals surface area contributed by atoms with Gasteiger partial charge in [-0.1, -0.05) is 72.1 Å². The zero-order valence-corrected chi connectivity index (χ0v) is 20.7. The van der Waals surface area contributed by atoms with Crippen LogP contribution in [0.5, 0.6) is 0 Å². The molecule has 0 saturated heterocycles. The van der Waals surface area contributed by atoms with E-state index in [0.717, 1.165) is 11.4 Å². The Bertz CT molecular complexity index is 1410.